The molecule has 3 fully saturated rings. The van der Waals surface area contributed by atoms with Gasteiger partial charge in [0.1, 0.15) is 13.1 Å². The maximum Gasteiger partial charge on any atom is 0.325 e. The molecule has 3 amide bonds. The predicted octanol–water partition coefficient (Wildman–Crippen LogP) is 1.20. The van der Waals surface area contributed by atoms with Crippen molar-refractivity contribution in [2.45, 2.75) is 26.2 Å². The first-order chi connectivity index (χ1) is 15.0. The Labute approximate surface area is 182 Å². The van der Waals surface area contributed by atoms with Crippen molar-refractivity contribution < 1.29 is 19.1 Å². The Kier molecular flexibility index (Phi) is 6.29. The highest BCUT2D eigenvalue weighted by molar-refractivity contribution is 5.87. The number of nitrogens with zero attached hydrogens (tertiary/aromatic N) is 5. The molecule has 3 saturated heterocycles. The number of amides is 3. The minimum absolute atomic E-state index is 0.0235. The predicted molar refractivity (Wildman–Crippen MR) is 114 cm³/mol. The lowest BCUT2D eigenvalue weighted by atomic mass is 9.78. The molecule has 1 aromatic heterocycles. The van der Waals surface area contributed by atoms with E-state index in [1.54, 1.807) is 11.8 Å². The average Bonchev–Trinajstić information content (AvgIpc) is 3.19. The number of ether oxygens (including phenoxy) is 1. The summed E-state index contributed by atoms with van der Waals surface area (Å²) >= 11 is 0. The van der Waals surface area contributed by atoms with Gasteiger partial charge in [0.2, 0.25) is 5.91 Å². The number of piperidine rings is 1. The number of piperazine rings is 1. The summed E-state index contributed by atoms with van der Waals surface area (Å²) in [5.41, 5.74) is 1.47. The number of anilines is 1. The average molecular weight is 430 g/mol. The molecule has 3 aliphatic heterocycles. The van der Waals surface area contributed by atoms with Crippen molar-refractivity contribution in [2.24, 2.45) is 5.41 Å². The van der Waals surface area contributed by atoms with Crippen molar-refractivity contribution in [3.63, 3.8) is 0 Å². The summed E-state index contributed by atoms with van der Waals surface area (Å²) in [5.74, 6) is -0.612. The van der Waals surface area contributed by atoms with Crippen LogP contribution >= 0.6 is 0 Å². The summed E-state index contributed by atoms with van der Waals surface area (Å²) < 4.78 is 4.92. The molecule has 0 atom stereocenters. The fourth-order valence-corrected chi connectivity index (χ4v) is 4.89. The summed E-state index contributed by atoms with van der Waals surface area (Å²) in [6.45, 7) is 6.32. The van der Waals surface area contributed by atoms with Gasteiger partial charge >= 0.3 is 12.0 Å². The van der Waals surface area contributed by atoms with Gasteiger partial charge in [0, 0.05) is 57.3 Å². The number of pyridine rings is 1. The number of urea groups is 1. The Bertz CT molecular complexity index is 809. The summed E-state index contributed by atoms with van der Waals surface area (Å²) in [5, 5.41) is 0. The maximum absolute atomic E-state index is 13.0. The smallest absolute Gasteiger partial charge is 0.325 e. The number of esters is 1. The second-order valence-electron chi connectivity index (χ2n) is 8.69. The zero-order valence-corrected chi connectivity index (χ0v) is 18.2. The van der Waals surface area contributed by atoms with Crippen LogP contribution < -0.4 is 4.90 Å². The van der Waals surface area contributed by atoms with E-state index in [1.807, 2.05) is 17.3 Å². The van der Waals surface area contributed by atoms with Gasteiger partial charge in [-0.15, -0.1) is 0 Å². The van der Waals surface area contributed by atoms with E-state index >= 15 is 0 Å². The van der Waals surface area contributed by atoms with E-state index in [2.05, 4.69) is 22.0 Å². The van der Waals surface area contributed by atoms with Gasteiger partial charge in [-0.05, 0) is 43.7 Å². The number of rotatable bonds is 4. The second-order valence-corrected chi connectivity index (χ2v) is 8.69. The first-order valence-electron chi connectivity index (χ1n) is 11.1. The van der Waals surface area contributed by atoms with E-state index in [0.717, 1.165) is 45.4 Å². The molecule has 0 unspecified atom stereocenters. The Morgan fingerprint density at radius 1 is 1.03 bits per heavy atom. The van der Waals surface area contributed by atoms with Gasteiger partial charge in [-0.25, -0.2) is 4.79 Å². The largest absolute Gasteiger partial charge is 0.465 e. The first-order valence-corrected chi connectivity index (χ1v) is 11.1. The van der Waals surface area contributed by atoms with Gasteiger partial charge < -0.3 is 24.3 Å². The number of hydrogen-bond acceptors (Lipinski definition) is 6. The highest BCUT2D eigenvalue weighted by atomic mass is 16.5. The third kappa shape index (κ3) is 4.75. The molecule has 1 spiro atoms. The van der Waals surface area contributed by atoms with E-state index < -0.39 is 5.97 Å². The molecule has 0 radical (unpaired) electrons. The van der Waals surface area contributed by atoms with Crippen molar-refractivity contribution in [3.8, 4) is 0 Å². The van der Waals surface area contributed by atoms with Crippen LogP contribution in [0.2, 0.25) is 0 Å². The van der Waals surface area contributed by atoms with Crippen molar-refractivity contribution in [1.82, 2.24) is 19.7 Å². The molecule has 4 rings (SSSR count). The lowest BCUT2D eigenvalue weighted by molar-refractivity contribution is -0.150. The van der Waals surface area contributed by atoms with Crippen molar-refractivity contribution in [2.75, 3.05) is 63.9 Å². The van der Waals surface area contributed by atoms with Crippen LogP contribution in [0.4, 0.5) is 10.5 Å². The fourth-order valence-electron chi connectivity index (χ4n) is 4.89. The van der Waals surface area contributed by atoms with Gasteiger partial charge in [-0.3, -0.25) is 14.6 Å². The van der Waals surface area contributed by atoms with Gasteiger partial charge in [0.05, 0.1) is 6.61 Å². The highest BCUT2D eigenvalue weighted by Gasteiger charge is 2.42. The summed E-state index contributed by atoms with van der Waals surface area (Å²) in [7, 11) is 0. The molecule has 4 heterocycles. The molecule has 0 N–H and O–H groups in total. The van der Waals surface area contributed by atoms with Crippen molar-refractivity contribution in [3.05, 3.63) is 24.5 Å². The SMILES string of the molecule is CCOC(=O)CN1CCN(C(=O)N2CCC3(CC2)CCN(c2ccncc2)C3)CC1=O. The van der Waals surface area contributed by atoms with E-state index in [0.29, 0.717) is 19.7 Å². The van der Waals surface area contributed by atoms with Crippen LogP contribution in [0, 0.1) is 5.41 Å². The second kappa shape index (κ2) is 9.11. The maximum atomic E-state index is 13.0. The number of aromatic nitrogens is 1. The summed E-state index contributed by atoms with van der Waals surface area (Å²) in [4.78, 5) is 48.5. The van der Waals surface area contributed by atoms with Crippen molar-refractivity contribution in [1.29, 1.82) is 0 Å². The lowest BCUT2D eigenvalue weighted by Crippen LogP contribution is -2.57. The molecule has 0 saturated carbocycles. The molecule has 168 valence electrons. The Morgan fingerprint density at radius 2 is 1.74 bits per heavy atom. The summed E-state index contributed by atoms with van der Waals surface area (Å²) in [6, 6.07) is 4.04. The van der Waals surface area contributed by atoms with Crippen LogP contribution in [0.5, 0.6) is 0 Å². The van der Waals surface area contributed by atoms with Crippen LogP contribution in [0.25, 0.3) is 0 Å². The molecule has 9 nitrogen and oxygen atoms in total. The molecule has 3 aliphatic rings. The van der Waals surface area contributed by atoms with E-state index in [4.69, 9.17) is 4.74 Å². The van der Waals surface area contributed by atoms with Crippen molar-refractivity contribution >= 4 is 23.6 Å². The van der Waals surface area contributed by atoms with Gasteiger partial charge in [0.15, 0.2) is 0 Å². The molecule has 0 bridgehead atoms. The highest BCUT2D eigenvalue weighted by Crippen LogP contribution is 2.42. The number of likely N-dealkylation sites (tertiary alicyclic amines) is 1. The van der Waals surface area contributed by atoms with Gasteiger partial charge in [-0.2, -0.15) is 0 Å². The summed E-state index contributed by atoms with van der Waals surface area (Å²) in [6.07, 6.45) is 6.77. The molecular formula is C22H31N5O4. The minimum atomic E-state index is -0.408. The van der Waals surface area contributed by atoms with E-state index in [1.165, 1.54) is 10.6 Å². The van der Waals surface area contributed by atoms with Gasteiger partial charge in [-0.1, -0.05) is 0 Å². The Morgan fingerprint density at radius 3 is 2.42 bits per heavy atom. The number of carbonyl (C=O) groups excluding carboxylic acids is 3. The van der Waals surface area contributed by atoms with E-state index in [9.17, 15) is 14.4 Å². The molecule has 31 heavy (non-hydrogen) atoms. The van der Waals surface area contributed by atoms with Crippen LogP contribution in [-0.4, -0.2) is 96.6 Å². The van der Waals surface area contributed by atoms with Crippen LogP contribution in [0.15, 0.2) is 24.5 Å². The topological polar surface area (TPSA) is 86.3 Å². The Balaban J connectivity index is 1.26. The third-order valence-corrected chi connectivity index (χ3v) is 6.78. The van der Waals surface area contributed by atoms with Crippen LogP contribution in [0.1, 0.15) is 26.2 Å². The fraction of sp³-hybridized carbons (Fsp3) is 0.636. The van der Waals surface area contributed by atoms with E-state index in [-0.39, 0.29) is 30.4 Å². The van der Waals surface area contributed by atoms with Crippen LogP contribution in [-0.2, 0) is 14.3 Å². The third-order valence-electron chi connectivity index (χ3n) is 6.78. The molecular weight excluding hydrogens is 398 g/mol. The number of hydrogen-bond donors (Lipinski definition) is 0. The van der Waals surface area contributed by atoms with Gasteiger partial charge in [0.25, 0.3) is 0 Å². The molecule has 1 aromatic rings. The number of carbonyl (C=O) groups is 3. The molecule has 0 aromatic carbocycles. The first kappa shape index (κ1) is 21.4. The zero-order valence-electron chi connectivity index (χ0n) is 18.2. The van der Waals surface area contributed by atoms with Crippen LogP contribution in [0.3, 0.4) is 0 Å². The standard InChI is InChI=1S/C22H31N5O4/c1-2-31-20(29)16-25-13-14-26(15-19(25)28)21(30)24-10-5-22(6-11-24)7-12-27(17-22)18-3-8-23-9-4-18/h3-4,8-9H,2,5-7,10-17H2,1H3. The molecule has 0 aliphatic carbocycles. The normalized spacial score (nSPS) is 21.0. The Hall–Kier alpha value is -2.84. The molecule has 9 heteroatoms. The zero-order chi connectivity index (χ0) is 21.8. The minimum Gasteiger partial charge on any atom is -0.465 e. The monoisotopic (exact) mass is 429 g/mol. The lowest BCUT2D eigenvalue weighted by Gasteiger charge is -2.42. The quantitative estimate of drug-likeness (QED) is 0.669.